The number of benzene rings is 1. The molecule has 2 aliphatic rings. The molecule has 39 heavy (non-hydrogen) atoms. The van der Waals surface area contributed by atoms with Crippen molar-refractivity contribution in [3.63, 3.8) is 0 Å². The van der Waals surface area contributed by atoms with E-state index in [0.717, 1.165) is 11.8 Å². The van der Waals surface area contributed by atoms with Gasteiger partial charge < -0.3 is 19.7 Å². The Kier molecular flexibility index (Phi) is 6.98. The summed E-state index contributed by atoms with van der Waals surface area (Å²) in [7, 11) is -0.324. The SMILES string of the molecule is COC1CC2(C1)C(=O)N(C)c1cnc3cc(F)c(-c4cnc(OCCNC(C)C)c(NS(C)(=O)=O)c4)cc3c12. The number of nitrogens with zero attached hydrogens (tertiary/aromatic N) is 3. The van der Waals surface area contributed by atoms with Gasteiger partial charge in [0.05, 0.1) is 35.2 Å². The summed E-state index contributed by atoms with van der Waals surface area (Å²) in [6, 6.07) is 4.76. The van der Waals surface area contributed by atoms with Crippen LogP contribution in [0.3, 0.4) is 0 Å². The standard InChI is InChI=1S/C27H32FN5O5S/c1-15(2)29-6-7-38-25-22(32-39(5,35)36)8-16(13-31-25)18-9-19-21(10-20(18)28)30-14-23-24(19)27(26(34)33(23)3)11-17(12-27)37-4/h8-10,13-15,17,29,32H,6-7,11-12H2,1-5H3. The first-order valence-electron chi connectivity index (χ1n) is 12.7. The number of amides is 1. The van der Waals surface area contributed by atoms with Crippen LogP contribution in [0.15, 0.2) is 30.6 Å². The highest BCUT2D eigenvalue weighted by atomic mass is 32.2. The van der Waals surface area contributed by atoms with Gasteiger partial charge >= 0.3 is 0 Å². The van der Waals surface area contributed by atoms with Gasteiger partial charge in [-0.2, -0.15) is 0 Å². The number of hydrogen-bond donors (Lipinski definition) is 2. The van der Waals surface area contributed by atoms with Crippen LogP contribution >= 0.6 is 0 Å². The van der Waals surface area contributed by atoms with E-state index in [4.69, 9.17) is 9.47 Å². The molecule has 12 heteroatoms. The largest absolute Gasteiger partial charge is 0.475 e. The zero-order valence-electron chi connectivity index (χ0n) is 22.5. The molecule has 1 fully saturated rings. The van der Waals surface area contributed by atoms with E-state index >= 15 is 4.39 Å². The summed E-state index contributed by atoms with van der Waals surface area (Å²) in [5.41, 5.74) is 1.84. The smallest absolute Gasteiger partial charge is 0.238 e. The number of nitrogens with one attached hydrogen (secondary N) is 2. The fourth-order valence-corrected chi connectivity index (χ4v) is 6.01. The van der Waals surface area contributed by atoms with Crippen LogP contribution in [0.1, 0.15) is 32.3 Å². The molecule has 5 rings (SSSR count). The summed E-state index contributed by atoms with van der Waals surface area (Å²) in [5.74, 6) is -0.488. The molecule has 3 aromatic rings. The fourth-order valence-electron chi connectivity index (χ4n) is 5.46. The zero-order chi connectivity index (χ0) is 28.1. The number of sulfonamides is 1. The third-order valence-electron chi connectivity index (χ3n) is 7.33. The third kappa shape index (κ3) is 4.92. The highest BCUT2D eigenvalue weighted by Gasteiger charge is 2.58. The van der Waals surface area contributed by atoms with E-state index in [1.54, 1.807) is 31.3 Å². The Labute approximate surface area is 227 Å². The van der Waals surface area contributed by atoms with Crippen LogP contribution in [-0.2, 0) is 25.0 Å². The number of aromatic nitrogens is 2. The fraction of sp³-hybridized carbons (Fsp3) is 0.444. The first kappa shape index (κ1) is 27.2. The van der Waals surface area contributed by atoms with Gasteiger partial charge in [-0.05, 0) is 25.0 Å². The van der Waals surface area contributed by atoms with E-state index in [0.29, 0.717) is 41.5 Å². The average Bonchev–Trinajstić information content (AvgIpc) is 3.07. The number of halogens is 1. The molecule has 1 saturated carbocycles. The number of likely N-dealkylation sites (N-methyl/N-ethyl adjacent to an activating group) is 1. The van der Waals surface area contributed by atoms with Gasteiger partial charge in [0.1, 0.15) is 18.1 Å². The first-order chi connectivity index (χ1) is 18.4. The number of carbonyl (C=O) groups excluding carboxylic acids is 1. The van der Waals surface area contributed by atoms with Crippen LogP contribution in [0.4, 0.5) is 15.8 Å². The van der Waals surface area contributed by atoms with Crippen molar-refractivity contribution in [1.82, 2.24) is 15.3 Å². The van der Waals surface area contributed by atoms with Crippen molar-refractivity contribution in [3.05, 3.63) is 42.0 Å². The van der Waals surface area contributed by atoms with Crippen molar-refractivity contribution in [2.45, 2.75) is 44.2 Å². The predicted octanol–water partition coefficient (Wildman–Crippen LogP) is 3.21. The second-order valence-corrected chi connectivity index (χ2v) is 12.2. The van der Waals surface area contributed by atoms with Gasteiger partial charge in [-0.25, -0.2) is 17.8 Å². The second-order valence-electron chi connectivity index (χ2n) is 10.5. The van der Waals surface area contributed by atoms with Crippen molar-refractivity contribution in [2.75, 3.05) is 43.2 Å². The Balaban J connectivity index is 1.59. The normalized spacial score (nSPS) is 20.5. The van der Waals surface area contributed by atoms with Crippen molar-refractivity contribution < 1.29 is 27.1 Å². The molecule has 0 radical (unpaired) electrons. The number of fused-ring (bicyclic) bond motifs is 4. The molecule has 1 amide bonds. The third-order valence-corrected chi connectivity index (χ3v) is 7.92. The molecule has 1 aromatic carbocycles. The number of ether oxygens (including phenoxy) is 2. The van der Waals surface area contributed by atoms with Crippen LogP contribution in [0.2, 0.25) is 0 Å². The van der Waals surface area contributed by atoms with Crippen LogP contribution in [0.25, 0.3) is 22.0 Å². The first-order valence-corrected chi connectivity index (χ1v) is 14.6. The van der Waals surface area contributed by atoms with Crippen molar-refractivity contribution in [1.29, 1.82) is 0 Å². The number of rotatable bonds is 9. The van der Waals surface area contributed by atoms with Gasteiger partial charge in [-0.15, -0.1) is 0 Å². The van der Waals surface area contributed by atoms with Crippen molar-refractivity contribution in [3.8, 4) is 17.0 Å². The molecule has 1 aliphatic heterocycles. The predicted molar refractivity (Wildman–Crippen MR) is 147 cm³/mol. The Morgan fingerprint density at radius 2 is 1.95 bits per heavy atom. The number of pyridine rings is 2. The zero-order valence-corrected chi connectivity index (χ0v) is 23.4. The summed E-state index contributed by atoms with van der Waals surface area (Å²) in [6.45, 7) is 4.81. The molecule has 10 nitrogen and oxygen atoms in total. The number of carbonyl (C=O) groups is 1. The minimum Gasteiger partial charge on any atom is -0.475 e. The topological polar surface area (TPSA) is 123 Å². The van der Waals surface area contributed by atoms with Crippen LogP contribution in [0.5, 0.6) is 5.88 Å². The lowest BCUT2D eigenvalue weighted by Gasteiger charge is -2.43. The summed E-state index contributed by atoms with van der Waals surface area (Å²) in [4.78, 5) is 23.7. The van der Waals surface area contributed by atoms with E-state index in [1.165, 1.54) is 18.3 Å². The quantitative estimate of drug-likeness (QED) is 0.385. The lowest BCUT2D eigenvalue weighted by Crippen LogP contribution is -2.51. The maximum atomic E-state index is 15.5. The molecule has 0 unspecified atom stereocenters. The molecular formula is C27H32FN5O5S. The van der Waals surface area contributed by atoms with Crippen LogP contribution in [-0.4, -0.2) is 70.0 Å². The van der Waals surface area contributed by atoms with Gasteiger partial charge in [0.2, 0.25) is 21.8 Å². The molecule has 2 N–H and O–H groups in total. The van der Waals surface area contributed by atoms with E-state index < -0.39 is 21.3 Å². The van der Waals surface area contributed by atoms with Crippen LogP contribution in [0, 0.1) is 5.82 Å². The van der Waals surface area contributed by atoms with E-state index in [9.17, 15) is 13.2 Å². The highest BCUT2D eigenvalue weighted by Crippen LogP contribution is 2.56. The molecule has 0 saturated heterocycles. The Morgan fingerprint density at radius 1 is 1.21 bits per heavy atom. The van der Waals surface area contributed by atoms with Crippen molar-refractivity contribution in [2.24, 2.45) is 0 Å². The van der Waals surface area contributed by atoms with Gasteiger partial charge in [-0.3, -0.25) is 14.5 Å². The van der Waals surface area contributed by atoms with Gasteiger partial charge in [0.25, 0.3) is 0 Å². The Morgan fingerprint density at radius 3 is 2.62 bits per heavy atom. The maximum absolute atomic E-state index is 15.5. The molecule has 1 spiro atoms. The average molecular weight is 558 g/mol. The summed E-state index contributed by atoms with van der Waals surface area (Å²) in [6.07, 6.45) is 5.11. The summed E-state index contributed by atoms with van der Waals surface area (Å²) in [5, 5.41) is 3.87. The number of methoxy groups -OCH3 is 1. The second kappa shape index (κ2) is 10.00. The molecule has 208 valence electrons. The molecule has 0 atom stereocenters. The maximum Gasteiger partial charge on any atom is 0.238 e. The lowest BCUT2D eigenvalue weighted by atomic mass is 9.62. The Bertz CT molecular complexity index is 1560. The van der Waals surface area contributed by atoms with Crippen LogP contribution < -0.4 is 19.7 Å². The van der Waals surface area contributed by atoms with Gasteiger partial charge in [-0.1, -0.05) is 13.8 Å². The Hall–Kier alpha value is -3.35. The number of hydrogen-bond acceptors (Lipinski definition) is 8. The lowest BCUT2D eigenvalue weighted by molar-refractivity contribution is -0.131. The number of anilines is 2. The van der Waals surface area contributed by atoms with E-state index in [1.807, 2.05) is 13.8 Å². The van der Waals surface area contributed by atoms with E-state index in [2.05, 4.69) is 20.0 Å². The molecule has 0 bridgehead atoms. The minimum absolute atomic E-state index is 0.0271. The molecule has 3 heterocycles. The molecule has 1 aliphatic carbocycles. The summed E-state index contributed by atoms with van der Waals surface area (Å²) < 4.78 is 53.2. The monoisotopic (exact) mass is 557 g/mol. The minimum atomic E-state index is -3.67. The molecular weight excluding hydrogens is 525 g/mol. The van der Waals surface area contributed by atoms with Crippen molar-refractivity contribution >= 4 is 38.2 Å². The van der Waals surface area contributed by atoms with Gasteiger partial charge in [0, 0.05) is 61.1 Å². The van der Waals surface area contributed by atoms with E-state index in [-0.39, 0.29) is 41.8 Å². The molecule has 2 aromatic heterocycles. The summed E-state index contributed by atoms with van der Waals surface area (Å²) >= 11 is 0. The van der Waals surface area contributed by atoms with Gasteiger partial charge in [0.15, 0.2) is 0 Å². The highest BCUT2D eigenvalue weighted by molar-refractivity contribution is 7.92.